The molecule has 0 saturated heterocycles. The summed E-state index contributed by atoms with van der Waals surface area (Å²) in [6.07, 6.45) is 1.68. The standard InChI is InChI=1S/C14H15Cl2NO2/c15-12-4-3-10(8-13(12)16)14(18)5-6-17-9-11-2-1-7-19-11/h1-4,7-8,14,17-18H,5-6,9H2. The fraction of sp³-hybridized carbons (Fsp3) is 0.286. The number of halogens is 2. The normalized spacial score (nSPS) is 12.6. The second-order valence-corrected chi connectivity index (χ2v) is 5.05. The Kier molecular flexibility index (Phi) is 5.28. The maximum Gasteiger partial charge on any atom is 0.117 e. The van der Waals surface area contributed by atoms with Crippen molar-refractivity contribution < 1.29 is 9.52 Å². The molecule has 1 aromatic carbocycles. The molecule has 0 bridgehead atoms. The average Bonchev–Trinajstić information content (AvgIpc) is 2.91. The molecule has 0 spiro atoms. The molecule has 1 unspecified atom stereocenters. The number of aliphatic hydroxyl groups is 1. The van der Waals surface area contributed by atoms with E-state index in [1.54, 1.807) is 24.5 Å². The summed E-state index contributed by atoms with van der Waals surface area (Å²) in [5.41, 5.74) is 0.772. The van der Waals surface area contributed by atoms with E-state index in [2.05, 4.69) is 5.32 Å². The molecule has 2 rings (SSSR count). The quantitative estimate of drug-likeness (QED) is 0.798. The van der Waals surface area contributed by atoms with E-state index in [9.17, 15) is 5.11 Å². The first-order valence-corrected chi connectivity index (χ1v) is 6.78. The molecule has 1 aromatic heterocycles. The van der Waals surface area contributed by atoms with Gasteiger partial charge >= 0.3 is 0 Å². The van der Waals surface area contributed by atoms with Crippen LogP contribution in [0.25, 0.3) is 0 Å². The summed E-state index contributed by atoms with van der Waals surface area (Å²) in [5, 5.41) is 14.2. The molecule has 0 amide bonds. The highest BCUT2D eigenvalue weighted by molar-refractivity contribution is 6.42. The second-order valence-electron chi connectivity index (χ2n) is 4.23. The Labute approximate surface area is 122 Å². The van der Waals surface area contributed by atoms with E-state index in [-0.39, 0.29) is 0 Å². The third-order valence-electron chi connectivity index (χ3n) is 2.80. The molecular weight excluding hydrogens is 285 g/mol. The molecule has 3 nitrogen and oxygen atoms in total. The van der Waals surface area contributed by atoms with Crippen molar-refractivity contribution in [1.82, 2.24) is 5.32 Å². The molecule has 19 heavy (non-hydrogen) atoms. The molecular formula is C14H15Cl2NO2. The summed E-state index contributed by atoms with van der Waals surface area (Å²) in [4.78, 5) is 0. The largest absolute Gasteiger partial charge is 0.468 e. The zero-order chi connectivity index (χ0) is 13.7. The van der Waals surface area contributed by atoms with Crippen molar-refractivity contribution in [2.24, 2.45) is 0 Å². The number of hydrogen-bond donors (Lipinski definition) is 2. The Morgan fingerprint density at radius 1 is 1.21 bits per heavy atom. The molecule has 0 aliphatic carbocycles. The highest BCUT2D eigenvalue weighted by atomic mass is 35.5. The molecule has 1 heterocycles. The molecule has 0 fully saturated rings. The number of furan rings is 1. The van der Waals surface area contributed by atoms with Gasteiger partial charge in [-0.15, -0.1) is 0 Å². The van der Waals surface area contributed by atoms with Gasteiger partial charge in [0.05, 0.1) is 29.0 Å². The lowest BCUT2D eigenvalue weighted by atomic mass is 10.1. The number of aliphatic hydroxyl groups excluding tert-OH is 1. The summed E-state index contributed by atoms with van der Waals surface area (Å²) < 4.78 is 5.20. The highest BCUT2D eigenvalue weighted by Crippen LogP contribution is 2.26. The van der Waals surface area contributed by atoms with Crippen LogP contribution in [0.3, 0.4) is 0 Å². The molecule has 2 N–H and O–H groups in total. The molecule has 2 aromatic rings. The zero-order valence-corrected chi connectivity index (χ0v) is 11.8. The molecule has 5 heteroatoms. The summed E-state index contributed by atoms with van der Waals surface area (Å²) in [7, 11) is 0. The van der Waals surface area contributed by atoms with E-state index >= 15 is 0 Å². The molecule has 0 aliphatic heterocycles. The van der Waals surface area contributed by atoms with Crippen molar-refractivity contribution in [3.8, 4) is 0 Å². The van der Waals surface area contributed by atoms with Gasteiger partial charge in [0.25, 0.3) is 0 Å². The predicted octanol–water partition coefficient (Wildman–Crippen LogP) is 3.80. The van der Waals surface area contributed by atoms with Crippen molar-refractivity contribution in [2.75, 3.05) is 6.54 Å². The van der Waals surface area contributed by atoms with Gasteiger partial charge < -0.3 is 14.8 Å². The Morgan fingerprint density at radius 2 is 2.05 bits per heavy atom. The van der Waals surface area contributed by atoms with E-state index in [1.165, 1.54) is 0 Å². The Morgan fingerprint density at radius 3 is 2.74 bits per heavy atom. The minimum absolute atomic E-state index is 0.460. The monoisotopic (exact) mass is 299 g/mol. The number of nitrogens with one attached hydrogen (secondary N) is 1. The molecule has 1 atom stereocenters. The average molecular weight is 300 g/mol. The lowest BCUT2D eigenvalue weighted by Gasteiger charge is -2.12. The first kappa shape index (κ1) is 14.4. The first-order chi connectivity index (χ1) is 9.16. The van der Waals surface area contributed by atoms with Crippen LogP contribution in [0.15, 0.2) is 41.0 Å². The first-order valence-electron chi connectivity index (χ1n) is 6.03. The lowest BCUT2D eigenvalue weighted by Crippen LogP contribution is -2.16. The van der Waals surface area contributed by atoms with Gasteiger partial charge in [0.1, 0.15) is 5.76 Å². The molecule has 0 saturated carbocycles. The van der Waals surface area contributed by atoms with Crippen LogP contribution in [0.2, 0.25) is 10.0 Å². The van der Waals surface area contributed by atoms with Crippen LogP contribution in [-0.2, 0) is 6.54 Å². The van der Waals surface area contributed by atoms with Crippen LogP contribution >= 0.6 is 23.2 Å². The Balaban J connectivity index is 1.77. The van der Waals surface area contributed by atoms with Crippen molar-refractivity contribution in [1.29, 1.82) is 0 Å². The van der Waals surface area contributed by atoms with Gasteiger partial charge in [0.15, 0.2) is 0 Å². The van der Waals surface area contributed by atoms with E-state index in [0.29, 0.717) is 29.6 Å². The summed E-state index contributed by atoms with van der Waals surface area (Å²) in [6, 6.07) is 8.93. The Bertz CT molecular complexity index is 514. The molecule has 102 valence electrons. The van der Waals surface area contributed by atoms with E-state index in [0.717, 1.165) is 11.3 Å². The van der Waals surface area contributed by atoms with Gasteiger partial charge in [-0.1, -0.05) is 29.3 Å². The van der Waals surface area contributed by atoms with E-state index < -0.39 is 6.10 Å². The fourth-order valence-corrected chi connectivity index (χ4v) is 2.06. The van der Waals surface area contributed by atoms with Crippen molar-refractivity contribution in [3.05, 3.63) is 58.0 Å². The molecule has 0 aliphatic rings. The summed E-state index contributed by atoms with van der Waals surface area (Å²) >= 11 is 11.7. The van der Waals surface area contributed by atoms with Crippen molar-refractivity contribution in [2.45, 2.75) is 19.1 Å². The zero-order valence-electron chi connectivity index (χ0n) is 10.3. The minimum atomic E-state index is -0.557. The van der Waals surface area contributed by atoms with Gasteiger partial charge in [-0.05, 0) is 42.8 Å². The van der Waals surface area contributed by atoms with Crippen LogP contribution in [0.1, 0.15) is 23.8 Å². The minimum Gasteiger partial charge on any atom is -0.468 e. The Hall–Kier alpha value is -1.000. The third-order valence-corrected chi connectivity index (χ3v) is 3.54. The van der Waals surface area contributed by atoms with Crippen molar-refractivity contribution in [3.63, 3.8) is 0 Å². The van der Waals surface area contributed by atoms with E-state index in [4.69, 9.17) is 27.6 Å². The van der Waals surface area contributed by atoms with Gasteiger partial charge in [0.2, 0.25) is 0 Å². The number of benzene rings is 1. The number of hydrogen-bond acceptors (Lipinski definition) is 3. The third kappa shape index (κ3) is 4.25. The molecule has 0 radical (unpaired) electrons. The van der Waals surface area contributed by atoms with Crippen LogP contribution in [0.4, 0.5) is 0 Å². The van der Waals surface area contributed by atoms with Gasteiger partial charge in [-0.3, -0.25) is 0 Å². The maximum atomic E-state index is 10.0. The fourth-order valence-electron chi connectivity index (χ4n) is 1.75. The smallest absolute Gasteiger partial charge is 0.117 e. The SMILES string of the molecule is OC(CCNCc1ccco1)c1ccc(Cl)c(Cl)c1. The second kappa shape index (κ2) is 6.96. The van der Waals surface area contributed by atoms with Crippen LogP contribution in [0.5, 0.6) is 0 Å². The summed E-state index contributed by atoms with van der Waals surface area (Å²) in [6.45, 7) is 1.34. The van der Waals surface area contributed by atoms with Gasteiger partial charge in [-0.25, -0.2) is 0 Å². The van der Waals surface area contributed by atoms with Gasteiger partial charge in [0, 0.05) is 0 Å². The lowest BCUT2D eigenvalue weighted by molar-refractivity contribution is 0.166. The van der Waals surface area contributed by atoms with Crippen LogP contribution < -0.4 is 5.32 Å². The summed E-state index contributed by atoms with van der Waals surface area (Å²) in [5.74, 6) is 0.879. The topological polar surface area (TPSA) is 45.4 Å². The maximum absolute atomic E-state index is 10.0. The van der Waals surface area contributed by atoms with E-state index in [1.807, 2.05) is 12.1 Å². The predicted molar refractivity (Wildman–Crippen MR) is 76.5 cm³/mol. The van der Waals surface area contributed by atoms with Gasteiger partial charge in [-0.2, -0.15) is 0 Å². The number of rotatable bonds is 6. The van der Waals surface area contributed by atoms with Crippen molar-refractivity contribution >= 4 is 23.2 Å². The van der Waals surface area contributed by atoms with Crippen LogP contribution in [0, 0.1) is 0 Å². The highest BCUT2D eigenvalue weighted by Gasteiger charge is 2.09. The van der Waals surface area contributed by atoms with Crippen LogP contribution in [-0.4, -0.2) is 11.7 Å².